The average molecular weight is 452 g/mol. The van der Waals surface area contributed by atoms with E-state index in [0.717, 1.165) is 25.6 Å². The molecule has 0 aromatic rings. The van der Waals surface area contributed by atoms with Gasteiger partial charge >= 0.3 is 5.97 Å². The van der Waals surface area contributed by atoms with Gasteiger partial charge in [-0.1, -0.05) is 13.8 Å². The van der Waals surface area contributed by atoms with Crippen molar-refractivity contribution in [2.75, 3.05) is 53.4 Å². The maximum Gasteiger partial charge on any atom is 0.310 e. The van der Waals surface area contributed by atoms with Gasteiger partial charge in [0, 0.05) is 33.2 Å². The van der Waals surface area contributed by atoms with E-state index >= 15 is 0 Å². The maximum atomic E-state index is 11.8. The zero-order chi connectivity index (χ0) is 16.8. The number of hydrogen-bond acceptors (Lipinski definition) is 4. The van der Waals surface area contributed by atoms with Crippen molar-refractivity contribution >= 4 is 35.9 Å². The molecule has 0 aromatic carbocycles. The number of nitrogens with one attached hydrogen (secondary N) is 1. The van der Waals surface area contributed by atoms with Crippen LogP contribution >= 0.6 is 24.0 Å². The number of hydrogen-bond donors (Lipinski definition) is 1. The summed E-state index contributed by atoms with van der Waals surface area (Å²) in [7, 11) is 3.27. The summed E-state index contributed by atoms with van der Waals surface area (Å²) in [5.41, 5.74) is 0. The monoisotopic (exact) mass is 452 g/mol. The van der Waals surface area contributed by atoms with Gasteiger partial charge in [-0.2, -0.15) is 0 Å². The van der Waals surface area contributed by atoms with Crippen LogP contribution in [0.5, 0.6) is 0 Å². The molecule has 3 unspecified atom stereocenters. The lowest BCUT2D eigenvalue weighted by molar-refractivity contribution is -0.145. The van der Waals surface area contributed by atoms with Crippen molar-refractivity contribution in [3.8, 4) is 0 Å². The highest BCUT2D eigenvalue weighted by molar-refractivity contribution is 14.0. The van der Waals surface area contributed by atoms with Gasteiger partial charge in [0.15, 0.2) is 5.96 Å². The summed E-state index contributed by atoms with van der Waals surface area (Å²) >= 11 is 0. The van der Waals surface area contributed by atoms with E-state index in [1.54, 1.807) is 0 Å². The third-order valence-corrected chi connectivity index (χ3v) is 5.00. The molecular weight excluding hydrogens is 419 g/mol. The van der Waals surface area contributed by atoms with Crippen LogP contribution in [0.15, 0.2) is 4.99 Å². The quantitative estimate of drug-likeness (QED) is 0.298. The summed E-state index contributed by atoms with van der Waals surface area (Å²) in [6, 6.07) is 0. The van der Waals surface area contributed by atoms with Crippen LogP contribution in [0.4, 0.5) is 0 Å². The largest absolute Gasteiger partial charge is 0.469 e. The average Bonchev–Trinajstić information content (AvgIpc) is 3.17. The van der Waals surface area contributed by atoms with Gasteiger partial charge in [-0.25, -0.2) is 0 Å². The number of rotatable bonds is 5. The van der Waals surface area contributed by atoms with E-state index in [4.69, 9.17) is 4.74 Å². The molecule has 2 aliphatic heterocycles. The van der Waals surface area contributed by atoms with Crippen LogP contribution in [0.3, 0.4) is 0 Å². The van der Waals surface area contributed by atoms with Crippen molar-refractivity contribution < 1.29 is 9.53 Å². The van der Waals surface area contributed by atoms with E-state index < -0.39 is 0 Å². The fourth-order valence-corrected chi connectivity index (χ4v) is 3.67. The van der Waals surface area contributed by atoms with E-state index in [9.17, 15) is 4.79 Å². The molecule has 2 fully saturated rings. The molecule has 2 aliphatic rings. The van der Waals surface area contributed by atoms with Gasteiger partial charge in [0.05, 0.1) is 13.0 Å². The molecule has 3 atom stereocenters. The Morgan fingerprint density at radius 2 is 2.00 bits per heavy atom. The van der Waals surface area contributed by atoms with Gasteiger partial charge < -0.3 is 19.9 Å². The highest BCUT2D eigenvalue weighted by Crippen LogP contribution is 2.24. The van der Waals surface area contributed by atoms with Crippen molar-refractivity contribution in [2.24, 2.45) is 22.7 Å². The topological polar surface area (TPSA) is 57.2 Å². The standard InChI is InChI=1S/C17H32N4O2.HI/c1-13(10-20-7-5-6-8-20)9-19-17(18-3)21-11-14(2)15(12-21)16(22)23-4;/h13-15H,5-12H2,1-4H3,(H,18,19);1H. The third kappa shape index (κ3) is 5.75. The Balaban J connectivity index is 0.00000288. The lowest BCUT2D eigenvalue weighted by Gasteiger charge is -2.25. The molecule has 0 radical (unpaired) electrons. The van der Waals surface area contributed by atoms with E-state index in [0.29, 0.717) is 18.4 Å². The second kappa shape index (κ2) is 10.4. The Labute approximate surface area is 163 Å². The van der Waals surface area contributed by atoms with Crippen LogP contribution in [0.1, 0.15) is 26.7 Å². The molecular formula is C17H33IN4O2. The summed E-state index contributed by atoms with van der Waals surface area (Å²) in [5, 5.41) is 3.48. The van der Waals surface area contributed by atoms with Gasteiger partial charge in [-0.05, 0) is 37.8 Å². The zero-order valence-electron chi connectivity index (χ0n) is 15.5. The smallest absolute Gasteiger partial charge is 0.310 e. The normalized spacial score (nSPS) is 26.2. The Hall–Kier alpha value is -0.570. The molecule has 2 rings (SSSR count). The van der Waals surface area contributed by atoms with E-state index in [-0.39, 0.29) is 35.9 Å². The number of ether oxygens (including phenoxy) is 1. The SMILES string of the molecule is CN=C(NCC(C)CN1CCCC1)N1CC(C)C(C(=O)OC)C1.I. The molecule has 0 amide bonds. The van der Waals surface area contributed by atoms with Crippen LogP contribution in [-0.4, -0.2) is 75.2 Å². The third-order valence-electron chi connectivity index (χ3n) is 5.00. The Kier molecular flexibility index (Phi) is 9.33. The minimum Gasteiger partial charge on any atom is -0.469 e. The summed E-state index contributed by atoms with van der Waals surface area (Å²) in [6.07, 6.45) is 2.67. The van der Waals surface area contributed by atoms with Crippen molar-refractivity contribution in [2.45, 2.75) is 26.7 Å². The number of methoxy groups -OCH3 is 1. The van der Waals surface area contributed by atoms with Crippen LogP contribution in [0.2, 0.25) is 0 Å². The molecule has 7 heteroatoms. The minimum atomic E-state index is -0.113. The van der Waals surface area contributed by atoms with Crippen molar-refractivity contribution in [3.05, 3.63) is 0 Å². The molecule has 0 aliphatic carbocycles. The summed E-state index contributed by atoms with van der Waals surface area (Å²) < 4.78 is 4.91. The predicted octanol–water partition coefficient (Wildman–Crippen LogP) is 1.65. The molecule has 0 saturated carbocycles. The molecule has 0 bridgehead atoms. The first-order valence-electron chi connectivity index (χ1n) is 8.81. The van der Waals surface area contributed by atoms with Gasteiger partial charge in [0.2, 0.25) is 0 Å². The first-order valence-corrected chi connectivity index (χ1v) is 8.81. The Bertz CT molecular complexity index is 427. The lowest BCUT2D eigenvalue weighted by Crippen LogP contribution is -2.43. The number of likely N-dealkylation sites (tertiary alicyclic amines) is 2. The molecule has 2 saturated heterocycles. The number of carbonyl (C=O) groups is 1. The van der Waals surface area contributed by atoms with Gasteiger partial charge in [-0.3, -0.25) is 9.79 Å². The summed E-state index contributed by atoms with van der Waals surface area (Å²) in [6.45, 7) is 10.5. The fourth-order valence-electron chi connectivity index (χ4n) is 3.67. The molecule has 6 nitrogen and oxygen atoms in total. The Morgan fingerprint density at radius 1 is 1.33 bits per heavy atom. The van der Waals surface area contributed by atoms with Crippen LogP contribution in [-0.2, 0) is 9.53 Å². The number of aliphatic imine (C=N–C) groups is 1. The fraction of sp³-hybridized carbons (Fsp3) is 0.882. The number of guanidine groups is 1. The van der Waals surface area contributed by atoms with E-state index in [1.165, 1.54) is 33.0 Å². The van der Waals surface area contributed by atoms with Crippen LogP contribution in [0.25, 0.3) is 0 Å². The minimum absolute atomic E-state index is 0. The van der Waals surface area contributed by atoms with Gasteiger partial charge in [0.25, 0.3) is 0 Å². The molecule has 140 valence electrons. The molecule has 0 spiro atoms. The predicted molar refractivity (Wildman–Crippen MR) is 108 cm³/mol. The number of esters is 1. The van der Waals surface area contributed by atoms with Gasteiger partial charge in [-0.15, -0.1) is 24.0 Å². The zero-order valence-corrected chi connectivity index (χ0v) is 17.8. The van der Waals surface area contributed by atoms with E-state index in [2.05, 4.69) is 34.0 Å². The molecule has 2 heterocycles. The maximum absolute atomic E-state index is 11.8. The summed E-state index contributed by atoms with van der Waals surface area (Å²) in [4.78, 5) is 20.9. The molecule has 0 aromatic heterocycles. The number of carbonyl (C=O) groups excluding carboxylic acids is 1. The highest BCUT2D eigenvalue weighted by Gasteiger charge is 2.36. The lowest BCUT2D eigenvalue weighted by atomic mass is 9.99. The van der Waals surface area contributed by atoms with Crippen molar-refractivity contribution in [3.63, 3.8) is 0 Å². The van der Waals surface area contributed by atoms with Gasteiger partial charge in [0.1, 0.15) is 0 Å². The van der Waals surface area contributed by atoms with Crippen LogP contribution < -0.4 is 5.32 Å². The number of halogens is 1. The second-order valence-electron chi connectivity index (χ2n) is 7.05. The van der Waals surface area contributed by atoms with Crippen molar-refractivity contribution in [1.29, 1.82) is 0 Å². The first kappa shape index (κ1) is 21.5. The highest BCUT2D eigenvalue weighted by atomic mass is 127. The van der Waals surface area contributed by atoms with Crippen LogP contribution in [0, 0.1) is 17.8 Å². The molecule has 1 N–H and O–H groups in total. The van der Waals surface area contributed by atoms with Crippen molar-refractivity contribution in [1.82, 2.24) is 15.1 Å². The second-order valence-corrected chi connectivity index (χ2v) is 7.05. The first-order chi connectivity index (χ1) is 11.0. The molecule has 24 heavy (non-hydrogen) atoms. The number of nitrogens with zero attached hydrogens (tertiary/aromatic N) is 3. The summed E-state index contributed by atoms with van der Waals surface area (Å²) in [5.74, 6) is 1.61. The van der Waals surface area contributed by atoms with E-state index in [1.807, 2.05) is 7.05 Å². The Morgan fingerprint density at radius 3 is 2.58 bits per heavy atom.